The summed E-state index contributed by atoms with van der Waals surface area (Å²) in [6.07, 6.45) is 1.55. The zero-order valence-electron chi connectivity index (χ0n) is 10.9. The molecule has 1 heterocycles. The van der Waals surface area contributed by atoms with Gasteiger partial charge in [-0.3, -0.25) is 14.9 Å². The molecule has 0 saturated carbocycles. The van der Waals surface area contributed by atoms with Crippen molar-refractivity contribution in [2.75, 3.05) is 13.1 Å². The maximum Gasteiger partial charge on any atom is 0.324 e. The van der Waals surface area contributed by atoms with Crippen LogP contribution in [0.2, 0.25) is 0 Å². The number of rotatable bonds is 3. The molecule has 18 heavy (non-hydrogen) atoms. The van der Waals surface area contributed by atoms with E-state index >= 15 is 0 Å². The van der Waals surface area contributed by atoms with E-state index in [9.17, 15) is 14.4 Å². The third-order valence-electron chi connectivity index (χ3n) is 3.00. The quantitative estimate of drug-likeness (QED) is 0.794. The van der Waals surface area contributed by atoms with Gasteiger partial charge in [-0.15, -0.1) is 0 Å². The number of nitrogens with zero attached hydrogens (tertiary/aromatic N) is 1. The minimum Gasteiger partial charge on any atom is -0.481 e. The van der Waals surface area contributed by atoms with Crippen LogP contribution in [0.5, 0.6) is 0 Å². The van der Waals surface area contributed by atoms with E-state index in [0.29, 0.717) is 13.1 Å². The summed E-state index contributed by atoms with van der Waals surface area (Å²) in [6.45, 7) is 5.42. The number of nitrogens with one attached hydrogen (secondary N) is 1. The molecular weight excluding hydrogens is 236 g/mol. The number of piperidine rings is 1. The zero-order valence-corrected chi connectivity index (χ0v) is 10.9. The molecule has 0 aliphatic carbocycles. The summed E-state index contributed by atoms with van der Waals surface area (Å²) in [5.74, 6) is -1.58. The van der Waals surface area contributed by atoms with Gasteiger partial charge in [0.05, 0.1) is 6.42 Å². The van der Waals surface area contributed by atoms with Crippen molar-refractivity contribution in [1.82, 2.24) is 10.2 Å². The van der Waals surface area contributed by atoms with Crippen LogP contribution in [-0.2, 0) is 9.59 Å². The predicted molar refractivity (Wildman–Crippen MR) is 65.0 cm³/mol. The number of carbonyl (C=O) groups is 3. The number of likely N-dealkylation sites (tertiary alicyclic amines) is 1. The van der Waals surface area contributed by atoms with E-state index in [1.807, 2.05) is 0 Å². The van der Waals surface area contributed by atoms with Crippen molar-refractivity contribution in [3.8, 4) is 0 Å². The van der Waals surface area contributed by atoms with Crippen LogP contribution in [0.25, 0.3) is 0 Å². The van der Waals surface area contributed by atoms with Gasteiger partial charge in [0.15, 0.2) is 0 Å². The summed E-state index contributed by atoms with van der Waals surface area (Å²) in [6, 6.07) is -0.418. The lowest BCUT2D eigenvalue weighted by Gasteiger charge is -2.37. The number of carbonyl (C=O) groups excluding carboxylic acids is 2. The third kappa shape index (κ3) is 4.73. The van der Waals surface area contributed by atoms with Gasteiger partial charge in [-0.05, 0) is 18.3 Å². The Balaban J connectivity index is 2.40. The van der Waals surface area contributed by atoms with Crippen molar-refractivity contribution < 1.29 is 19.5 Å². The molecule has 0 aromatic rings. The fourth-order valence-corrected chi connectivity index (χ4v) is 2.08. The number of carboxylic acids is 1. The van der Waals surface area contributed by atoms with Crippen LogP contribution in [0.4, 0.5) is 4.79 Å². The molecule has 0 aromatic carbocycles. The van der Waals surface area contributed by atoms with Gasteiger partial charge in [0.1, 0.15) is 0 Å². The molecule has 1 saturated heterocycles. The first-order chi connectivity index (χ1) is 8.30. The molecule has 0 radical (unpaired) electrons. The number of hydrogen-bond acceptors (Lipinski definition) is 3. The second-order valence-electron chi connectivity index (χ2n) is 5.44. The van der Waals surface area contributed by atoms with Gasteiger partial charge < -0.3 is 10.0 Å². The van der Waals surface area contributed by atoms with Crippen LogP contribution in [-0.4, -0.2) is 41.0 Å². The van der Waals surface area contributed by atoms with Gasteiger partial charge >= 0.3 is 12.0 Å². The summed E-state index contributed by atoms with van der Waals surface area (Å²) in [7, 11) is 0. The van der Waals surface area contributed by atoms with Gasteiger partial charge in [0.25, 0.3) is 0 Å². The second-order valence-corrected chi connectivity index (χ2v) is 5.44. The molecule has 2 N–H and O–H groups in total. The lowest BCUT2D eigenvalue weighted by molar-refractivity contribution is -0.138. The van der Waals surface area contributed by atoms with E-state index < -0.39 is 17.9 Å². The van der Waals surface area contributed by atoms with Gasteiger partial charge in [0, 0.05) is 19.5 Å². The molecule has 1 aliphatic heterocycles. The minimum atomic E-state index is -1.04. The SMILES string of the molecule is CC1(C)CCCN(C(=O)NC(=O)CCC(=O)O)C1. The van der Waals surface area contributed by atoms with Crippen LogP contribution in [0, 0.1) is 5.41 Å². The van der Waals surface area contributed by atoms with Crippen molar-refractivity contribution in [3.63, 3.8) is 0 Å². The number of urea groups is 1. The molecule has 1 aliphatic rings. The molecule has 3 amide bonds. The van der Waals surface area contributed by atoms with Crippen LogP contribution >= 0.6 is 0 Å². The van der Waals surface area contributed by atoms with Gasteiger partial charge in [0.2, 0.25) is 5.91 Å². The average Bonchev–Trinajstić information content (AvgIpc) is 2.25. The number of amides is 3. The first-order valence-corrected chi connectivity index (χ1v) is 6.11. The summed E-state index contributed by atoms with van der Waals surface area (Å²) in [5, 5.41) is 10.7. The average molecular weight is 256 g/mol. The minimum absolute atomic E-state index is 0.0691. The molecule has 0 unspecified atom stereocenters. The Bertz CT molecular complexity index is 352. The van der Waals surface area contributed by atoms with Gasteiger partial charge in [-0.25, -0.2) is 4.79 Å². The summed E-state index contributed by atoms with van der Waals surface area (Å²) < 4.78 is 0. The van der Waals surface area contributed by atoms with Crippen molar-refractivity contribution in [2.45, 2.75) is 39.5 Å². The van der Waals surface area contributed by atoms with Crippen molar-refractivity contribution in [3.05, 3.63) is 0 Å². The number of aliphatic carboxylic acids is 1. The van der Waals surface area contributed by atoms with Crippen LogP contribution in [0.15, 0.2) is 0 Å². The first kappa shape index (κ1) is 14.5. The summed E-state index contributed by atoms with van der Waals surface area (Å²) in [5.41, 5.74) is 0.0691. The summed E-state index contributed by atoms with van der Waals surface area (Å²) in [4.78, 5) is 35.0. The first-order valence-electron chi connectivity index (χ1n) is 6.11. The monoisotopic (exact) mass is 256 g/mol. The fraction of sp³-hybridized carbons (Fsp3) is 0.750. The summed E-state index contributed by atoms with van der Waals surface area (Å²) >= 11 is 0. The topological polar surface area (TPSA) is 86.7 Å². The molecule has 0 spiro atoms. The highest BCUT2D eigenvalue weighted by Gasteiger charge is 2.29. The Morgan fingerprint density at radius 1 is 1.28 bits per heavy atom. The molecule has 1 fully saturated rings. The van der Waals surface area contributed by atoms with Gasteiger partial charge in [-0.1, -0.05) is 13.8 Å². The number of carboxylic acid groups (broad SMARTS) is 1. The Morgan fingerprint density at radius 2 is 1.94 bits per heavy atom. The van der Waals surface area contributed by atoms with E-state index in [4.69, 9.17) is 5.11 Å². The molecule has 0 atom stereocenters. The molecule has 0 aromatic heterocycles. The van der Waals surface area contributed by atoms with Crippen molar-refractivity contribution in [2.24, 2.45) is 5.41 Å². The molecule has 0 bridgehead atoms. The molecule has 6 heteroatoms. The van der Waals surface area contributed by atoms with E-state index in [1.54, 1.807) is 4.90 Å². The Morgan fingerprint density at radius 3 is 2.50 bits per heavy atom. The Labute approximate surface area is 106 Å². The van der Waals surface area contributed by atoms with Gasteiger partial charge in [-0.2, -0.15) is 0 Å². The normalized spacial score (nSPS) is 18.2. The fourth-order valence-electron chi connectivity index (χ4n) is 2.08. The molecule has 1 rings (SSSR count). The maximum absolute atomic E-state index is 11.8. The lowest BCUT2D eigenvalue weighted by atomic mass is 9.84. The highest BCUT2D eigenvalue weighted by atomic mass is 16.4. The number of hydrogen-bond donors (Lipinski definition) is 2. The number of imide groups is 1. The zero-order chi connectivity index (χ0) is 13.8. The Kier molecular flexibility index (Phi) is 4.69. The highest BCUT2D eigenvalue weighted by molar-refractivity contribution is 5.95. The third-order valence-corrected chi connectivity index (χ3v) is 3.00. The van der Waals surface area contributed by atoms with Crippen LogP contribution in [0.3, 0.4) is 0 Å². The van der Waals surface area contributed by atoms with E-state index in [-0.39, 0.29) is 18.3 Å². The van der Waals surface area contributed by atoms with E-state index in [2.05, 4.69) is 19.2 Å². The Hall–Kier alpha value is -1.59. The molecule has 102 valence electrons. The second kappa shape index (κ2) is 5.84. The highest BCUT2D eigenvalue weighted by Crippen LogP contribution is 2.28. The lowest BCUT2D eigenvalue weighted by Crippen LogP contribution is -2.49. The van der Waals surface area contributed by atoms with E-state index in [0.717, 1.165) is 12.8 Å². The largest absolute Gasteiger partial charge is 0.481 e. The molecular formula is C12H20N2O4. The van der Waals surface area contributed by atoms with Crippen LogP contribution in [0.1, 0.15) is 39.5 Å². The standard InChI is InChI=1S/C12H20N2O4/c1-12(2)6-3-7-14(8-12)11(18)13-9(15)4-5-10(16)17/h3-8H2,1-2H3,(H,16,17)(H,13,15,18). The maximum atomic E-state index is 11.8. The van der Waals surface area contributed by atoms with Crippen molar-refractivity contribution in [1.29, 1.82) is 0 Å². The van der Waals surface area contributed by atoms with Crippen LogP contribution < -0.4 is 5.32 Å². The van der Waals surface area contributed by atoms with Crippen molar-refractivity contribution >= 4 is 17.9 Å². The smallest absolute Gasteiger partial charge is 0.324 e. The predicted octanol–water partition coefficient (Wildman–Crippen LogP) is 1.21. The molecule has 6 nitrogen and oxygen atoms in total. The van der Waals surface area contributed by atoms with E-state index in [1.165, 1.54) is 0 Å².